The third-order valence-corrected chi connectivity index (χ3v) is 4.56. The van der Waals surface area contributed by atoms with Gasteiger partial charge in [-0.25, -0.2) is 0 Å². The normalized spacial score (nSPS) is 16.9. The maximum absolute atomic E-state index is 12.4. The molecule has 0 spiro atoms. The quantitative estimate of drug-likeness (QED) is 0.749. The fourth-order valence-corrected chi connectivity index (χ4v) is 2.96. The standard InChI is InChI=1S/C18H28N2O/c1-4-20(5-2)17-8-6-16(7-9-17)18(21)14-19-12-10-15(3)11-13-19/h6-9,15H,4-5,10-14H2,1-3H3. The highest BCUT2D eigenvalue weighted by molar-refractivity contribution is 5.97. The van der Waals surface area contributed by atoms with E-state index >= 15 is 0 Å². The van der Waals surface area contributed by atoms with Gasteiger partial charge in [0, 0.05) is 24.3 Å². The largest absolute Gasteiger partial charge is 0.372 e. The number of ketones is 1. The molecule has 3 nitrogen and oxygen atoms in total. The van der Waals surface area contributed by atoms with E-state index < -0.39 is 0 Å². The summed E-state index contributed by atoms with van der Waals surface area (Å²) in [6.45, 7) is 11.3. The zero-order valence-corrected chi connectivity index (χ0v) is 13.6. The molecular formula is C18H28N2O. The van der Waals surface area contributed by atoms with Crippen LogP contribution < -0.4 is 4.90 Å². The number of carbonyl (C=O) groups is 1. The molecule has 1 heterocycles. The van der Waals surface area contributed by atoms with Gasteiger partial charge < -0.3 is 4.90 Å². The molecule has 3 heteroatoms. The van der Waals surface area contributed by atoms with Crippen LogP contribution in [0.5, 0.6) is 0 Å². The van der Waals surface area contributed by atoms with Gasteiger partial charge in [0.15, 0.2) is 5.78 Å². The summed E-state index contributed by atoms with van der Waals surface area (Å²) in [5.74, 6) is 1.06. The lowest BCUT2D eigenvalue weighted by molar-refractivity contribution is 0.0900. The highest BCUT2D eigenvalue weighted by Gasteiger charge is 2.18. The van der Waals surface area contributed by atoms with E-state index in [9.17, 15) is 4.79 Å². The van der Waals surface area contributed by atoms with Gasteiger partial charge >= 0.3 is 0 Å². The molecule has 0 unspecified atom stereocenters. The first kappa shape index (κ1) is 16.0. The van der Waals surface area contributed by atoms with Crippen LogP contribution in [0.4, 0.5) is 5.69 Å². The Morgan fingerprint density at radius 2 is 1.71 bits per heavy atom. The second kappa shape index (κ2) is 7.60. The van der Waals surface area contributed by atoms with Gasteiger partial charge in [-0.3, -0.25) is 9.69 Å². The van der Waals surface area contributed by atoms with Crippen molar-refractivity contribution in [2.24, 2.45) is 5.92 Å². The fourth-order valence-electron chi connectivity index (χ4n) is 2.96. The van der Waals surface area contributed by atoms with Crippen LogP contribution >= 0.6 is 0 Å². The van der Waals surface area contributed by atoms with Gasteiger partial charge in [0.2, 0.25) is 0 Å². The number of hydrogen-bond donors (Lipinski definition) is 0. The SMILES string of the molecule is CCN(CC)c1ccc(C(=O)CN2CCC(C)CC2)cc1. The molecule has 0 aliphatic carbocycles. The lowest BCUT2D eigenvalue weighted by atomic mass is 9.98. The molecule has 0 amide bonds. The zero-order chi connectivity index (χ0) is 15.2. The number of anilines is 1. The molecule has 1 aliphatic heterocycles. The Hall–Kier alpha value is -1.35. The van der Waals surface area contributed by atoms with Gasteiger partial charge in [0.05, 0.1) is 6.54 Å². The Morgan fingerprint density at radius 3 is 2.24 bits per heavy atom. The number of carbonyl (C=O) groups excluding carboxylic acids is 1. The summed E-state index contributed by atoms with van der Waals surface area (Å²) in [4.78, 5) is 16.9. The van der Waals surface area contributed by atoms with Gasteiger partial charge in [-0.15, -0.1) is 0 Å². The summed E-state index contributed by atoms with van der Waals surface area (Å²) >= 11 is 0. The van der Waals surface area contributed by atoms with E-state index in [2.05, 4.69) is 42.7 Å². The molecule has 0 aromatic heterocycles. The van der Waals surface area contributed by atoms with Crippen LogP contribution in [0.3, 0.4) is 0 Å². The van der Waals surface area contributed by atoms with Crippen LogP contribution in [-0.4, -0.2) is 43.4 Å². The first-order valence-electron chi connectivity index (χ1n) is 8.24. The van der Waals surface area contributed by atoms with Crippen LogP contribution in [0.25, 0.3) is 0 Å². The number of nitrogens with zero attached hydrogens (tertiary/aromatic N) is 2. The van der Waals surface area contributed by atoms with Crippen LogP contribution in [0, 0.1) is 5.92 Å². The molecule has 1 saturated heterocycles. The van der Waals surface area contributed by atoms with E-state index in [0.29, 0.717) is 6.54 Å². The Balaban J connectivity index is 1.93. The second-order valence-corrected chi connectivity index (χ2v) is 6.10. The van der Waals surface area contributed by atoms with Crippen molar-refractivity contribution in [2.45, 2.75) is 33.6 Å². The average molecular weight is 288 g/mol. The van der Waals surface area contributed by atoms with E-state index in [-0.39, 0.29) is 5.78 Å². The van der Waals surface area contributed by atoms with Crippen molar-refractivity contribution in [2.75, 3.05) is 37.6 Å². The van der Waals surface area contributed by atoms with E-state index in [1.54, 1.807) is 0 Å². The Bertz CT molecular complexity index is 443. The molecule has 2 rings (SSSR count). The number of benzene rings is 1. The number of rotatable bonds is 6. The van der Waals surface area contributed by atoms with Crippen molar-refractivity contribution in [1.29, 1.82) is 0 Å². The third kappa shape index (κ3) is 4.31. The molecule has 0 saturated carbocycles. The minimum atomic E-state index is 0.246. The van der Waals surface area contributed by atoms with Crippen molar-refractivity contribution in [3.8, 4) is 0 Å². The molecule has 21 heavy (non-hydrogen) atoms. The molecule has 1 aromatic rings. The van der Waals surface area contributed by atoms with Crippen LogP contribution in [0.1, 0.15) is 44.0 Å². The molecule has 116 valence electrons. The Morgan fingerprint density at radius 1 is 1.14 bits per heavy atom. The van der Waals surface area contributed by atoms with Crippen molar-refractivity contribution >= 4 is 11.5 Å². The van der Waals surface area contributed by atoms with E-state index in [0.717, 1.165) is 37.7 Å². The highest BCUT2D eigenvalue weighted by Crippen LogP contribution is 2.18. The minimum Gasteiger partial charge on any atom is -0.372 e. The Kier molecular flexibility index (Phi) is 5.80. The fraction of sp³-hybridized carbons (Fsp3) is 0.611. The van der Waals surface area contributed by atoms with Crippen LogP contribution in [-0.2, 0) is 0 Å². The summed E-state index contributed by atoms with van der Waals surface area (Å²) in [6, 6.07) is 8.09. The van der Waals surface area contributed by atoms with Crippen molar-refractivity contribution in [3.63, 3.8) is 0 Å². The van der Waals surface area contributed by atoms with Crippen LogP contribution in [0.2, 0.25) is 0 Å². The molecule has 0 bridgehead atoms. The lowest BCUT2D eigenvalue weighted by Gasteiger charge is -2.29. The zero-order valence-electron chi connectivity index (χ0n) is 13.6. The van der Waals surface area contributed by atoms with E-state index in [1.807, 2.05) is 12.1 Å². The smallest absolute Gasteiger partial charge is 0.176 e. The first-order valence-corrected chi connectivity index (χ1v) is 8.24. The topological polar surface area (TPSA) is 23.6 Å². The second-order valence-electron chi connectivity index (χ2n) is 6.10. The summed E-state index contributed by atoms with van der Waals surface area (Å²) in [5.41, 5.74) is 2.04. The number of piperidine rings is 1. The molecule has 1 fully saturated rings. The maximum atomic E-state index is 12.4. The van der Waals surface area contributed by atoms with Crippen molar-refractivity contribution in [1.82, 2.24) is 4.90 Å². The number of hydrogen-bond acceptors (Lipinski definition) is 3. The molecule has 0 radical (unpaired) electrons. The van der Waals surface area contributed by atoms with Gasteiger partial charge in [-0.2, -0.15) is 0 Å². The molecular weight excluding hydrogens is 260 g/mol. The third-order valence-electron chi connectivity index (χ3n) is 4.56. The lowest BCUT2D eigenvalue weighted by Crippen LogP contribution is -2.36. The summed E-state index contributed by atoms with van der Waals surface area (Å²) in [7, 11) is 0. The highest BCUT2D eigenvalue weighted by atomic mass is 16.1. The monoisotopic (exact) mass is 288 g/mol. The van der Waals surface area contributed by atoms with Gasteiger partial charge in [0.1, 0.15) is 0 Å². The predicted octanol–water partition coefficient (Wildman–Crippen LogP) is 3.45. The van der Waals surface area contributed by atoms with E-state index in [1.165, 1.54) is 18.5 Å². The predicted molar refractivity (Wildman–Crippen MR) is 89.2 cm³/mol. The molecule has 0 atom stereocenters. The summed E-state index contributed by atoms with van der Waals surface area (Å²) in [5, 5.41) is 0. The number of likely N-dealkylation sites (tertiary alicyclic amines) is 1. The first-order chi connectivity index (χ1) is 10.1. The van der Waals surface area contributed by atoms with Gasteiger partial charge in [0.25, 0.3) is 0 Å². The van der Waals surface area contributed by atoms with Crippen molar-refractivity contribution in [3.05, 3.63) is 29.8 Å². The average Bonchev–Trinajstić information content (AvgIpc) is 2.51. The van der Waals surface area contributed by atoms with E-state index in [4.69, 9.17) is 0 Å². The minimum absolute atomic E-state index is 0.246. The summed E-state index contributed by atoms with van der Waals surface area (Å²) in [6.07, 6.45) is 2.43. The molecule has 0 N–H and O–H groups in total. The Labute approximate surface area is 128 Å². The molecule has 1 aromatic carbocycles. The number of Topliss-reactive ketones (excluding diaryl/α,β-unsaturated/α-hetero) is 1. The molecule has 1 aliphatic rings. The summed E-state index contributed by atoms with van der Waals surface area (Å²) < 4.78 is 0. The van der Waals surface area contributed by atoms with Gasteiger partial charge in [-0.1, -0.05) is 6.92 Å². The van der Waals surface area contributed by atoms with Crippen molar-refractivity contribution < 1.29 is 4.79 Å². The van der Waals surface area contributed by atoms with Gasteiger partial charge in [-0.05, 0) is 70.0 Å². The van der Waals surface area contributed by atoms with Crippen LogP contribution in [0.15, 0.2) is 24.3 Å². The maximum Gasteiger partial charge on any atom is 0.176 e.